The number of hydrogen-bond acceptors (Lipinski definition) is 4. The average Bonchev–Trinajstić information content (AvgIpc) is 2.02. The summed E-state index contributed by atoms with van der Waals surface area (Å²) in [6.45, 7) is 0. The minimum absolute atomic E-state index is 0.179. The molecule has 0 aliphatic heterocycles. The van der Waals surface area contributed by atoms with Gasteiger partial charge in [0.1, 0.15) is 11.8 Å². The summed E-state index contributed by atoms with van der Waals surface area (Å²) in [6.07, 6.45) is 2.24. The van der Waals surface area contributed by atoms with E-state index in [1.54, 1.807) is 0 Å². The lowest BCUT2D eigenvalue weighted by molar-refractivity contribution is -0.385. The van der Waals surface area contributed by atoms with Crippen molar-refractivity contribution in [1.29, 1.82) is 0 Å². The van der Waals surface area contributed by atoms with Gasteiger partial charge in [0, 0.05) is 6.20 Å². The predicted octanol–water partition coefficient (Wildman–Crippen LogP) is 2.13. The molecule has 0 bridgehead atoms. The summed E-state index contributed by atoms with van der Waals surface area (Å²) < 4.78 is 0.210. The van der Waals surface area contributed by atoms with Gasteiger partial charge in [0.15, 0.2) is 0 Å². The van der Waals surface area contributed by atoms with Crippen LogP contribution in [0.15, 0.2) is 16.9 Å². The monoisotopic (exact) mass is 264 g/mol. The number of carbonyl (C=O) groups is 1. The summed E-state index contributed by atoms with van der Waals surface area (Å²) in [5, 5.41) is 9.52. The Morgan fingerprint density at radius 2 is 2.23 bits per heavy atom. The fraction of sp³-hybridized carbons (Fsp3) is 0. The molecule has 1 aromatic rings. The second-order valence-corrected chi connectivity index (χ2v) is 3.24. The molecule has 0 unspecified atom stereocenters. The van der Waals surface area contributed by atoms with Crippen LogP contribution in [0.1, 0.15) is 10.4 Å². The fourth-order valence-electron chi connectivity index (χ4n) is 0.758. The highest BCUT2D eigenvalue weighted by molar-refractivity contribution is 9.10. The van der Waals surface area contributed by atoms with Crippen LogP contribution in [-0.4, -0.2) is 15.1 Å². The lowest BCUT2D eigenvalue weighted by Crippen LogP contribution is -2.00. The molecule has 0 N–H and O–H groups in total. The first-order chi connectivity index (χ1) is 6.04. The number of nitro groups is 1. The van der Waals surface area contributed by atoms with Gasteiger partial charge in [-0.15, -0.1) is 0 Å². The molecule has 13 heavy (non-hydrogen) atoms. The third-order valence-corrected chi connectivity index (χ3v) is 2.06. The van der Waals surface area contributed by atoms with Crippen LogP contribution in [0.25, 0.3) is 0 Å². The van der Waals surface area contributed by atoms with Gasteiger partial charge in [0.2, 0.25) is 0 Å². The highest BCUT2D eigenvalue weighted by Crippen LogP contribution is 2.26. The number of pyridine rings is 1. The van der Waals surface area contributed by atoms with E-state index in [0.717, 1.165) is 6.20 Å². The van der Waals surface area contributed by atoms with Gasteiger partial charge in [-0.3, -0.25) is 19.9 Å². The molecule has 1 rings (SSSR count). The quantitative estimate of drug-likeness (QED) is 0.466. The Hall–Kier alpha value is -1.01. The average molecular weight is 265 g/mol. The topological polar surface area (TPSA) is 73.1 Å². The molecule has 5 nitrogen and oxygen atoms in total. The maximum absolute atomic E-state index is 10.8. The zero-order valence-corrected chi connectivity index (χ0v) is 8.37. The van der Waals surface area contributed by atoms with Gasteiger partial charge >= 0.3 is 5.69 Å². The largest absolute Gasteiger partial charge is 0.300 e. The van der Waals surface area contributed by atoms with Crippen LogP contribution in [-0.2, 0) is 0 Å². The van der Waals surface area contributed by atoms with E-state index in [9.17, 15) is 14.9 Å². The minimum Gasteiger partial charge on any atom is -0.275 e. The van der Waals surface area contributed by atoms with Crippen molar-refractivity contribution < 1.29 is 9.72 Å². The van der Waals surface area contributed by atoms with Gasteiger partial charge in [0.25, 0.3) is 5.24 Å². The van der Waals surface area contributed by atoms with Crippen LogP contribution in [0.2, 0.25) is 0 Å². The van der Waals surface area contributed by atoms with Crippen molar-refractivity contribution in [2.24, 2.45) is 0 Å². The molecule has 0 radical (unpaired) electrons. The van der Waals surface area contributed by atoms with Gasteiger partial charge in [-0.25, -0.2) is 0 Å². The summed E-state index contributed by atoms with van der Waals surface area (Å²) in [5.74, 6) is 0. The van der Waals surface area contributed by atoms with Crippen LogP contribution >= 0.6 is 27.5 Å². The second kappa shape index (κ2) is 3.80. The van der Waals surface area contributed by atoms with E-state index in [1.807, 2.05) is 0 Å². The number of nitrogens with zero attached hydrogens (tertiary/aromatic N) is 2. The molecule has 7 heteroatoms. The van der Waals surface area contributed by atoms with Gasteiger partial charge in [-0.2, -0.15) is 0 Å². The first-order valence-corrected chi connectivity index (χ1v) is 4.19. The Morgan fingerprint density at radius 3 is 2.62 bits per heavy atom. The van der Waals surface area contributed by atoms with Crippen LogP contribution in [0.3, 0.4) is 0 Å². The van der Waals surface area contributed by atoms with Crippen molar-refractivity contribution in [3.05, 3.63) is 32.5 Å². The molecule has 0 fully saturated rings. The zero-order chi connectivity index (χ0) is 10.0. The Labute approximate surface area is 86.0 Å². The van der Waals surface area contributed by atoms with E-state index in [-0.39, 0.29) is 10.0 Å². The van der Waals surface area contributed by atoms with E-state index in [1.165, 1.54) is 6.20 Å². The van der Waals surface area contributed by atoms with E-state index >= 15 is 0 Å². The number of halogens is 2. The van der Waals surface area contributed by atoms with E-state index < -0.39 is 15.9 Å². The zero-order valence-electron chi connectivity index (χ0n) is 6.03. The fourth-order valence-corrected chi connectivity index (χ4v) is 1.57. The third kappa shape index (κ3) is 2.02. The van der Waals surface area contributed by atoms with E-state index in [2.05, 4.69) is 20.9 Å². The SMILES string of the molecule is O=C(Cl)c1c(Br)cncc1[N+](=O)[O-]. The van der Waals surface area contributed by atoms with Crippen molar-refractivity contribution in [2.75, 3.05) is 0 Å². The third-order valence-electron chi connectivity index (χ3n) is 1.27. The maximum atomic E-state index is 10.8. The summed E-state index contributed by atoms with van der Waals surface area (Å²) >= 11 is 8.10. The Balaban J connectivity index is 3.43. The summed E-state index contributed by atoms with van der Waals surface area (Å²) in [6, 6.07) is 0. The summed E-state index contributed by atoms with van der Waals surface area (Å²) in [7, 11) is 0. The normalized spacial score (nSPS) is 9.69. The molecule has 0 saturated carbocycles. The molecule has 0 spiro atoms. The Kier molecular flexibility index (Phi) is 2.94. The van der Waals surface area contributed by atoms with Crippen molar-refractivity contribution in [1.82, 2.24) is 4.98 Å². The van der Waals surface area contributed by atoms with Crippen molar-refractivity contribution in [3.8, 4) is 0 Å². The summed E-state index contributed by atoms with van der Waals surface area (Å²) in [4.78, 5) is 24.0. The molecular weight excluding hydrogens is 263 g/mol. The molecule has 0 aliphatic carbocycles. The lowest BCUT2D eigenvalue weighted by Gasteiger charge is -1.98. The smallest absolute Gasteiger partial charge is 0.275 e. The Bertz CT molecular complexity index is 382. The Morgan fingerprint density at radius 1 is 1.62 bits per heavy atom. The molecule has 68 valence electrons. The van der Waals surface area contributed by atoms with Crippen molar-refractivity contribution in [3.63, 3.8) is 0 Å². The highest BCUT2D eigenvalue weighted by Gasteiger charge is 2.21. The van der Waals surface area contributed by atoms with Gasteiger partial charge in [0.05, 0.1) is 9.40 Å². The van der Waals surface area contributed by atoms with Crippen LogP contribution in [0, 0.1) is 10.1 Å². The molecule has 0 amide bonds. The first-order valence-electron chi connectivity index (χ1n) is 3.01. The number of hydrogen-bond donors (Lipinski definition) is 0. The lowest BCUT2D eigenvalue weighted by atomic mass is 10.2. The van der Waals surface area contributed by atoms with E-state index in [0.29, 0.717) is 0 Å². The molecule has 0 saturated heterocycles. The van der Waals surface area contributed by atoms with Gasteiger partial charge < -0.3 is 0 Å². The molecule has 1 aromatic heterocycles. The van der Waals surface area contributed by atoms with Crippen molar-refractivity contribution in [2.45, 2.75) is 0 Å². The molecule has 1 heterocycles. The van der Waals surface area contributed by atoms with Crippen molar-refractivity contribution >= 4 is 38.5 Å². The molecular formula is C6H2BrClN2O3. The highest BCUT2D eigenvalue weighted by atomic mass is 79.9. The van der Waals surface area contributed by atoms with Gasteiger partial charge in [-0.1, -0.05) is 0 Å². The maximum Gasteiger partial charge on any atom is 0.300 e. The minimum atomic E-state index is -0.888. The standard InChI is InChI=1S/C6H2BrClN2O3/c7-3-1-9-2-4(10(12)13)5(3)6(8)11/h1-2H. The van der Waals surface area contributed by atoms with Gasteiger partial charge in [-0.05, 0) is 27.5 Å². The number of aromatic nitrogens is 1. The molecule has 0 atom stereocenters. The first kappa shape index (κ1) is 10.1. The van der Waals surface area contributed by atoms with Crippen LogP contribution in [0.5, 0.6) is 0 Å². The number of rotatable bonds is 2. The predicted molar refractivity (Wildman–Crippen MR) is 48.8 cm³/mol. The van der Waals surface area contributed by atoms with E-state index in [4.69, 9.17) is 11.6 Å². The molecule has 0 aromatic carbocycles. The number of carbonyl (C=O) groups excluding carboxylic acids is 1. The summed E-state index contributed by atoms with van der Waals surface area (Å²) in [5.41, 5.74) is -0.587. The van der Waals surface area contributed by atoms with Crippen LogP contribution in [0.4, 0.5) is 5.69 Å². The van der Waals surface area contributed by atoms with Crippen LogP contribution < -0.4 is 0 Å². The molecule has 0 aliphatic rings. The second-order valence-electron chi connectivity index (χ2n) is 2.05.